The predicted octanol–water partition coefficient (Wildman–Crippen LogP) is 6.45. The summed E-state index contributed by atoms with van der Waals surface area (Å²) >= 11 is 0. The lowest BCUT2D eigenvalue weighted by Crippen LogP contribution is -2.43. The van der Waals surface area contributed by atoms with E-state index in [1.54, 1.807) is 0 Å². The smallest absolute Gasteiger partial charge is 0.116 e. The van der Waals surface area contributed by atoms with Gasteiger partial charge < -0.3 is 19.3 Å². The van der Waals surface area contributed by atoms with E-state index in [1.807, 2.05) is 133 Å². The van der Waals surface area contributed by atoms with Gasteiger partial charge in [0.1, 0.15) is 18.3 Å². The molecular formula is C33H34O4. The summed E-state index contributed by atoms with van der Waals surface area (Å²) < 4.78 is 19.1. The Bertz CT molecular complexity index is 1160. The molecule has 0 spiro atoms. The van der Waals surface area contributed by atoms with Crippen LogP contribution in [0.2, 0.25) is 0 Å². The van der Waals surface area contributed by atoms with Crippen LogP contribution in [0.1, 0.15) is 22.3 Å². The van der Waals surface area contributed by atoms with Crippen LogP contribution in [-0.4, -0.2) is 30.0 Å². The second kappa shape index (κ2) is 14.9. The van der Waals surface area contributed by atoms with Crippen molar-refractivity contribution in [3.63, 3.8) is 0 Å². The first-order valence-electron chi connectivity index (χ1n) is 12.6. The van der Waals surface area contributed by atoms with Gasteiger partial charge in [-0.25, -0.2) is 0 Å². The van der Waals surface area contributed by atoms with E-state index < -0.39 is 18.3 Å². The van der Waals surface area contributed by atoms with E-state index in [1.165, 1.54) is 0 Å². The monoisotopic (exact) mass is 494 g/mol. The van der Waals surface area contributed by atoms with Crippen molar-refractivity contribution in [2.45, 2.75) is 38.1 Å². The SMILES string of the molecule is OC[C@@H](OCc1ccccc1)[C@H](OCc1ccccc1)[C@@H](/C=C\c1ccccc1)OCc1ccccc1. The van der Waals surface area contributed by atoms with Gasteiger partial charge in [-0.1, -0.05) is 133 Å². The van der Waals surface area contributed by atoms with Crippen LogP contribution in [0.15, 0.2) is 127 Å². The number of aliphatic hydroxyl groups is 1. The third kappa shape index (κ3) is 8.81. The van der Waals surface area contributed by atoms with Gasteiger partial charge >= 0.3 is 0 Å². The van der Waals surface area contributed by atoms with Gasteiger partial charge in [-0.2, -0.15) is 0 Å². The quantitative estimate of drug-likeness (QED) is 0.219. The average molecular weight is 495 g/mol. The molecule has 1 N–H and O–H groups in total. The Morgan fingerprint density at radius 3 is 1.46 bits per heavy atom. The van der Waals surface area contributed by atoms with Crippen LogP contribution in [0.3, 0.4) is 0 Å². The predicted molar refractivity (Wildman–Crippen MR) is 148 cm³/mol. The topological polar surface area (TPSA) is 47.9 Å². The number of hydrogen-bond acceptors (Lipinski definition) is 4. The number of ether oxygens (including phenoxy) is 3. The molecule has 0 aromatic heterocycles. The Kier molecular flexibility index (Phi) is 10.7. The van der Waals surface area contributed by atoms with Gasteiger partial charge in [-0.05, 0) is 22.3 Å². The fraction of sp³-hybridized carbons (Fsp3) is 0.212. The summed E-state index contributed by atoms with van der Waals surface area (Å²) in [6, 6.07) is 40.1. The molecule has 3 atom stereocenters. The van der Waals surface area contributed by atoms with Crippen molar-refractivity contribution in [3.8, 4) is 0 Å². The molecule has 190 valence electrons. The van der Waals surface area contributed by atoms with Gasteiger partial charge in [0.25, 0.3) is 0 Å². The highest BCUT2D eigenvalue weighted by molar-refractivity contribution is 5.49. The third-order valence-electron chi connectivity index (χ3n) is 6.03. The molecule has 0 radical (unpaired) electrons. The van der Waals surface area contributed by atoms with E-state index in [2.05, 4.69) is 0 Å². The van der Waals surface area contributed by atoms with Crippen LogP contribution in [0.25, 0.3) is 6.08 Å². The van der Waals surface area contributed by atoms with Gasteiger partial charge in [0.05, 0.1) is 26.4 Å². The van der Waals surface area contributed by atoms with Crippen LogP contribution in [0.5, 0.6) is 0 Å². The summed E-state index contributed by atoms with van der Waals surface area (Å²) in [5, 5.41) is 10.4. The zero-order chi connectivity index (χ0) is 25.5. The molecule has 0 bridgehead atoms. The summed E-state index contributed by atoms with van der Waals surface area (Å²) in [6.45, 7) is 0.954. The Labute approximate surface area is 219 Å². The summed E-state index contributed by atoms with van der Waals surface area (Å²) in [7, 11) is 0. The minimum Gasteiger partial charge on any atom is -0.394 e. The minimum atomic E-state index is -0.592. The van der Waals surface area contributed by atoms with Crippen LogP contribution in [0.4, 0.5) is 0 Å². The van der Waals surface area contributed by atoms with Crippen molar-refractivity contribution in [2.75, 3.05) is 6.61 Å². The number of aliphatic hydroxyl groups excluding tert-OH is 1. The molecule has 4 aromatic carbocycles. The zero-order valence-electron chi connectivity index (χ0n) is 20.9. The molecule has 4 nitrogen and oxygen atoms in total. The number of rotatable bonds is 14. The molecule has 0 saturated carbocycles. The number of benzene rings is 4. The Hall–Kier alpha value is -3.54. The first kappa shape index (κ1) is 26.5. The highest BCUT2D eigenvalue weighted by atomic mass is 16.6. The molecule has 4 aromatic rings. The van der Waals surface area contributed by atoms with E-state index in [4.69, 9.17) is 14.2 Å². The Balaban J connectivity index is 1.58. The first-order chi connectivity index (χ1) is 18.3. The fourth-order valence-corrected chi connectivity index (χ4v) is 4.01. The van der Waals surface area contributed by atoms with Crippen LogP contribution in [-0.2, 0) is 34.0 Å². The van der Waals surface area contributed by atoms with Crippen molar-refractivity contribution in [1.29, 1.82) is 0 Å². The molecule has 0 aliphatic carbocycles. The van der Waals surface area contributed by atoms with Crippen molar-refractivity contribution in [3.05, 3.63) is 150 Å². The third-order valence-corrected chi connectivity index (χ3v) is 6.03. The Morgan fingerprint density at radius 2 is 0.973 bits per heavy atom. The average Bonchev–Trinajstić information content (AvgIpc) is 2.97. The maximum atomic E-state index is 10.4. The zero-order valence-corrected chi connectivity index (χ0v) is 20.9. The maximum Gasteiger partial charge on any atom is 0.116 e. The van der Waals surface area contributed by atoms with Gasteiger partial charge in [0.15, 0.2) is 0 Å². The van der Waals surface area contributed by atoms with Crippen LogP contribution >= 0.6 is 0 Å². The summed E-state index contributed by atoms with van der Waals surface area (Å²) in [5.74, 6) is 0. The van der Waals surface area contributed by atoms with Crippen molar-refractivity contribution < 1.29 is 19.3 Å². The van der Waals surface area contributed by atoms with Crippen LogP contribution < -0.4 is 0 Å². The molecule has 0 saturated heterocycles. The lowest BCUT2D eigenvalue weighted by Gasteiger charge is -2.31. The summed E-state index contributed by atoms with van der Waals surface area (Å²) in [6.07, 6.45) is 2.43. The van der Waals surface area contributed by atoms with E-state index in [0.29, 0.717) is 19.8 Å². The van der Waals surface area contributed by atoms with Crippen molar-refractivity contribution in [2.24, 2.45) is 0 Å². The normalized spacial score (nSPS) is 13.9. The van der Waals surface area contributed by atoms with E-state index >= 15 is 0 Å². The van der Waals surface area contributed by atoms with Gasteiger partial charge in [0, 0.05) is 0 Å². The van der Waals surface area contributed by atoms with Crippen molar-refractivity contribution >= 4 is 6.08 Å². The van der Waals surface area contributed by atoms with Crippen LogP contribution in [0, 0.1) is 0 Å². The molecule has 0 heterocycles. The minimum absolute atomic E-state index is 0.198. The molecule has 4 heteroatoms. The second-order valence-electron chi connectivity index (χ2n) is 8.81. The van der Waals surface area contributed by atoms with Gasteiger partial charge in [-0.15, -0.1) is 0 Å². The lowest BCUT2D eigenvalue weighted by molar-refractivity contribution is -0.149. The molecule has 4 rings (SSSR count). The maximum absolute atomic E-state index is 10.4. The van der Waals surface area contributed by atoms with E-state index in [-0.39, 0.29) is 6.61 Å². The molecule has 0 amide bonds. The molecular weight excluding hydrogens is 460 g/mol. The second-order valence-corrected chi connectivity index (χ2v) is 8.81. The van der Waals surface area contributed by atoms with E-state index in [9.17, 15) is 5.11 Å². The lowest BCUT2D eigenvalue weighted by atomic mass is 10.0. The summed E-state index contributed by atoms with van der Waals surface area (Å²) in [4.78, 5) is 0. The molecule has 0 fully saturated rings. The van der Waals surface area contributed by atoms with Crippen molar-refractivity contribution in [1.82, 2.24) is 0 Å². The largest absolute Gasteiger partial charge is 0.394 e. The fourth-order valence-electron chi connectivity index (χ4n) is 4.01. The van der Waals surface area contributed by atoms with Gasteiger partial charge in [0.2, 0.25) is 0 Å². The van der Waals surface area contributed by atoms with Gasteiger partial charge in [-0.3, -0.25) is 0 Å². The first-order valence-corrected chi connectivity index (χ1v) is 12.6. The molecule has 37 heavy (non-hydrogen) atoms. The molecule has 0 aliphatic rings. The summed E-state index contributed by atoms with van der Waals surface area (Å²) in [5.41, 5.74) is 4.20. The highest BCUT2D eigenvalue weighted by Gasteiger charge is 2.31. The molecule has 0 unspecified atom stereocenters. The van der Waals surface area contributed by atoms with E-state index in [0.717, 1.165) is 22.3 Å². The highest BCUT2D eigenvalue weighted by Crippen LogP contribution is 2.20. The number of hydrogen-bond donors (Lipinski definition) is 1. The molecule has 0 aliphatic heterocycles. The standard InChI is InChI=1S/C33H34O4/c34-23-32(36-25-29-17-9-3-10-18-29)33(37-26-30-19-11-4-12-20-30)31(22-21-27-13-5-1-6-14-27)35-24-28-15-7-2-8-16-28/h1-22,31-34H,23-26H2/b22-21-/t31-,32-,33-/m1/s1. The Morgan fingerprint density at radius 1 is 0.541 bits per heavy atom.